The van der Waals surface area contributed by atoms with Crippen LogP contribution in [-0.4, -0.2) is 20.9 Å². The Balaban J connectivity index is 2.25. The number of carbonyl (C=O) groups is 1. The lowest BCUT2D eigenvalue weighted by Crippen LogP contribution is -2.12. The lowest BCUT2D eigenvalue weighted by Gasteiger charge is -2.07. The van der Waals surface area contributed by atoms with E-state index >= 15 is 0 Å². The zero-order valence-electron chi connectivity index (χ0n) is 11.2. The molecule has 7 heteroatoms. The van der Waals surface area contributed by atoms with Gasteiger partial charge in [-0.1, -0.05) is 13.0 Å². The molecule has 2 aromatic rings. The van der Waals surface area contributed by atoms with Crippen LogP contribution in [0.4, 0.5) is 11.4 Å². The Morgan fingerprint density at radius 3 is 2.76 bits per heavy atom. The molecule has 108 valence electrons. The number of nitro groups is 1. The monoisotopic (exact) mass is 287 g/mol. The second-order valence-electron chi connectivity index (χ2n) is 4.34. The number of rotatable bonds is 4. The van der Waals surface area contributed by atoms with Crippen molar-refractivity contribution < 1.29 is 14.8 Å². The van der Waals surface area contributed by atoms with E-state index in [0.29, 0.717) is 17.7 Å². The highest BCUT2D eigenvalue weighted by Crippen LogP contribution is 2.24. The normalized spacial score (nSPS) is 10.1. The van der Waals surface area contributed by atoms with Crippen LogP contribution in [0.1, 0.15) is 22.8 Å². The van der Waals surface area contributed by atoms with Crippen LogP contribution in [0.15, 0.2) is 36.7 Å². The second-order valence-corrected chi connectivity index (χ2v) is 4.34. The van der Waals surface area contributed by atoms with Gasteiger partial charge in [0.15, 0.2) is 0 Å². The molecule has 2 rings (SSSR count). The molecule has 0 aliphatic rings. The van der Waals surface area contributed by atoms with Crippen LogP contribution in [-0.2, 0) is 6.42 Å². The number of nitrogens with one attached hydrogen (secondary N) is 1. The summed E-state index contributed by atoms with van der Waals surface area (Å²) < 4.78 is 0. The summed E-state index contributed by atoms with van der Waals surface area (Å²) in [5.74, 6) is -0.632. The van der Waals surface area contributed by atoms with Crippen molar-refractivity contribution in [3.8, 4) is 5.75 Å². The summed E-state index contributed by atoms with van der Waals surface area (Å²) in [5, 5.41) is 22.8. The summed E-state index contributed by atoms with van der Waals surface area (Å²) in [4.78, 5) is 26.2. The predicted molar refractivity (Wildman–Crippen MR) is 76.3 cm³/mol. The molecule has 0 aliphatic carbocycles. The lowest BCUT2D eigenvalue weighted by molar-refractivity contribution is -0.385. The maximum absolute atomic E-state index is 12.0. The minimum Gasteiger partial charge on any atom is -0.506 e. The Morgan fingerprint density at radius 2 is 2.14 bits per heavy atom. The maximum Gasteiger partial charge on any atom is 0.274 e. The summed E-state index contributed by atoms with van der Waals surface area (Å²) in [6.45, 7) is 1.82. The fraction of sp³-hybridized carbons (Fsp3) is 0.143. The molecule has 0 unspecified atom stereocenters. The maximum atomic E-state index is 12.0. The molecule has 0 spiro atoms. The molecular weight excluding hydrogens is 274 g/mol. The topological polar surface area (TPSA) is 105 Å². The van der Waals surface area contributed by atoms with Crippen molar-refractivity contribution in [1.29, 1.82) is 0 Å². The van der Waals surface area contributed by atoms with Gasteiger partial charge in [-0.3, -0.25) is 19.9 Å². The summed E-state index contributed by atoms with van der Waals surface area (Å²) in [6.07, 6.45) is 3.03. The molecule has 1 heterocycles. The van der Waals surface area contributed by atoms with Gasteiger partial charge >= 0.3 is 0 Å². The van der Waals surface area contributed by atoms with Crippen molar-refractivity contribution in [2.24, 2.45) is 0 Å². The predicted octanol–water partition coefficient (Wildman–Crippen LogP) is 2.51. The molecule has 21 heavy (non-hydrogen) atoms. The Labute approximate surface area is 120 Å². The molecule has 1 aromatic heterocycles. The number of aryl methyl sites for hydroxylation is 1. The standard InChI is InChI=1S/C14H13N3O4/c1-2-9-3-4-11(6-13(9)17(20)21)16-14(19)10-5-12(18)8-15-7-10/h3-8,18H,2H2,1H3,(H,16,19). The molecule has 7 nitrogen and oxygen atoms in total. The Bertz CT molecular complexity index is 700. The molecule has 0 saturated carbocycles. The number of amides is 1. The van der Waals surface area contributed by atoms with Crippen molar-refractivity contribution in [3.05, 3.63) is 57.9 Å². The third-order valence-corrected chi connectivity index (χ3v) is 2.91. The number of pyridine rings is 1. The quantitative estimate of drug-likeness (QED) is 0.664. The second kappa shape index (κ2) is 6.00. The number of hydrogen-bond acceptors (Lipinski definition) is 5. The van der Waals surface area contributed by atoms with Crippen LogP contribution in [0.2, 0.25) is 0 Å². The third-order valence-electron chi connectivity index (χ3n) is 2.91. The van der Waals surface area contributed by atoms with Crippen LogP contribution in [0.5, 0.6) is 5.75 Å². The van der Waals surface area contributed by atoms with Crippen molar-refractivity contribution >= 4 is 17.3 Å². The summed E-state index contributed by atoms with van der Waals surface area (Å²) >= 11 is 0. The molecule has 0 atom stereocenters. The average Bonchev–Trinajstić information content (AvgIpc) is 2.47. The van der Waals surface area contributed by atoms with E-state index in [1.165, 1.54) is 24.5 Å². The van der Waals surface area contributed by atoms with Gasteiger partial charge in [0, 0.05) is 23.5 Å². The molecule has 1 aromatic carbocycles. The first kappa shape index (κ1) is 14.4. The molecule has 2 N–H and O–H groups in total. The zero-order valence-corrected chi connectivity index (χ0v) is 11.2. The highest BCUT2D eigenvalue weighted by atomic mass is 16.6. The Morgan fingerprint density at radius 1 is 1.38 bits per heavy atom. The van der Waals surface area contributed by atoms with E-state index in [0.717, 1.165) is 0 Å². The number of aromatic nitrogens is 1. The number of aromatic hydroxyl groups is 1. The van der Waals surface area contributed by atoms with Gasteiger partial charge in [0.1, 0.15) is 5.75 Å². The Hall–Kier alpha value is -2.96. The first-order valence-electron chi connectivity index (χ1n) is 6.24. The average molecular weight is 287 g/mol. The SMILES string of the molecule is CCc1ccc(NC(=O)c2cncc(O)c2)cc1[N+](=O)[O-]. The van der Waals surface area contributed by atoms with Crippen molar-refractivity contribution in [2.75, 3.05) is 5.32 Å². The van der Waals surface area contributed by atoms with Gasteiger partial charge in [0.2, 0.25) is 0 Å². The largest absolute Gasteiger partial charge is 0.506 e. The van der Waals surface area contributed by atoms with E-state index in [9.17, 15) is 20.0 Å². The van der Waals surface area contributed by atoms with Gasteiger partial charge in [-0.15, -0.1) is 0 Å². The molecule has 0 aliphatic heterocycles. The molecule has 0 fully saturated rings. The number of hydrogen-bond donors (Lipinski definition) is 2. The van der Waals surface area contributed by atoms with E-state index in [1.807, 2.05) is 6.92 Å². The highest BCUT2D eigenvalue weighted by molar-refractivity contribution is 6.04. The van der Waals surface area contributed by atoms with Crippen molar-refractivity contribution in [1.82, 2.24) is 4.98 Å². The lowest BCUT2D eigenvalue weighted by atomic mass is 10.1. The van der Waals surface area contributed by atoms with Gasteiger partial charge in [0.05, 0.1) is 16.7 Å². The fourth-order valence-corrected chi connectivity index (χ4v) is 1.87. The first-order valence-corrected chi connectivity index (χ1v) is 6.24. The molecule has 0 radical (unpaired) electrons. The van der Waals surface area contributed by atoms with Crippen LogP contribution in [0.3, 0.4) is 0 Å². The van der Waals surface area contributed by atoms with Crippen molar-refractivity contribution in [3.63, 3.8) is 0 Å². The number of benzene rings is 1. The van der Waals surface area contributed by atoms with E-state index in [4.69, 9.17) is 0 Å². The number of carbonyl (C=O) groups excluding carboxylic acids is 1. The molecular formula is C14H13N3O4. The van der Waals surface area contributed by atoms with Gasteiger partial charge in [0.25, 0.3) is 11.6 Å². The minimum atomic E-state index is -0.503. The van der Waals surface area contributed by atoms with E-state index in [2.05, 4.69) is 10.3 Å². The highest BCUT2D eigenvalue weighted by Gasteiger charge is 2.15. The van der Waals surface area contributed by atoms with Gasteiger partial charge in [-0.25, -0.2) is 0 Å². The van der Waals surface area contributed by atoms with Crippen LogP contribution in [0, 0.1) is 10.1 Å². The summed E-state index contributed by atoms with van der Waals surface area (Å²) in [7, 11) is 0. The van der Waals surface area contributed by atoms with Crippen LogP contribution >= 0.6 is 0 Å². The number of nitrogens with zero attached hydrogens (tertiary/aromatic N) is 2. The van der Waals surface area contributed by atoms with Crippen LogP contribution < -0.4 is 5.32 Å². The zero-order chi connectivity index (χ0) is 15.4. The molecule has 1 amide bonds. The van der Waals surface area contributed by atoms with Crippen LogP contribution in [0.25, 0.3) is 0 Å². The summed E-state index contributed by atoms with van der Waals surface area (Å²) in [5.41, 5.74) is 1.03. The van der Waals surface area contributed by atoms with Crippen molar-refractivity contribution in [2.45, 2.75) is 13.3 Å². The summed E-state index contributed by atoms with van der Waals surface area (Å²) in [6, 6.07) is 5.78. The minimum absolute atomic E-state index is 0.0377. The van der Waals surface area contributed by atoms with E-state index < -0.39 is 10.8 Å². The third kappa shape index (κ3) is 3.33. The number of nitro benzene ring substituents is 1. The fourth-order valence-electron chi connectivity index (χ4n) is 1.87. The Kier molecular flexibility index (Phi) is 4.13. The molecule has 0 saturated heterocycles. The first-order chi connectivity index (χ1) is 10.0. The van der Waals surface area contributed by atoms with Gasteiger partial charge in [-0.05, 0) is 18.6 Å². The van der Waals surface area contributed by atoms with Gasteiger partial charge < -0.3 is 10.4 Å². The molecule has 0 bridgehead atoms. The van der Waals surface area contributed by atoms with E-state index in [1.54, 1.807) is 12.1 Å². The van der Waals surface area contributed by atoms with E-state index in [-0.39, 0.29) is 17.0 Å². The smallest absolute Gasteiger partial charge is 0.274 e. The number of anilines is 1. The van der Waals surface area contributed by atoms with Gasteiger partial charge in [-0.2, -0.15) is 0 Å².